The predicted molar refractivity (Wildman–Crippen MR) is 219 cm³/mol. The van der Waals surface area contributed by atoms with Crippen molar-refractivity contribution in [1.29, 1.82) is 0 Å². The minimum atomic E-state index is 0.388. The normalized spacial score (nSPS) is 12.2. The third-order valence-corrected chi connectivity index (χ3v) is 10.7. The lowest BCUT2D eigenvalue weighted by Crippen LogP contribution is -2.13. The molecule has 0 spiro atoms. The molecule has 0 bridgehead atoms. The standard InChI is InChI=1S/C46H40N6O4/c1-3-31-7-9-35-11-13-37(41-17-15-33(5-1)43(31)45(35)41)27-55-29-39-25-51(49-47-39)19-21-53-23-24-54-22-20-52-26-40(48-50-52)30-56-28-38-14-12-36-10-8-32-4-2-6-34-16-18-42(38)46(36)44(32)34/h1-18,25-26H,19-24,27-30H2. The molecule has 10 nitrogen and oxygen atoms in total. The molecule has 0 atom stereocenters. The maximum atomic E-state index is 6.11. The van der Waals surface area contributed by atoms with Crippen molar-refractivity contribution in [1.82, 2.24) is 30.0 Å². The first-order valence-corrected chi connectivity index (χ1v) is 19.1. The number of nitrogens with zero attached hydrogens (tertiary/aromatic N) is 6. The summed E-state index contributed by atoms with van der Waals surface area (Å²) in [7, 11) is 0. The molecule has 0 radical (unpaired) electrons. The van der Waals surface area contributed by atoms with Crippen LogP contribution in [0.1, 0.15) is 22.5 Å². The van der Waals surface area contributed by atoms with Crippen molar-refractivity contribution in [3.63, 3.8) is 0 Å². The molecule has 0 saturated carbocycles. The fourth-order valence-corrected chi connectivity index (χ4v) is 8.04. The second kappa shape index (κ2) is 15.2. The Balaban J connectivity index is 0.622. The van der Waals surface area contributed by atoms with Crippen molar-refractivity contribution in [3.05, 3.63) is 144 Å². The van der Waals surface area contributed by atoms with Crippen LogP contribution in [0.3, 0.4) is 0 Å². The molecule has 278 valence electrons. The van der Waals surface area contributed by atoms with Gasteiger partial charge < -0.3 is 18.9 Å². The van der Waals surface area contributed by atoms with Gasteiger partial charge in [0.05, 0.1) is 78.3 Å². The lowest BCUT2D eigenvalue weighted by atomic mass is 9.92. The third kappa shape index (κ3) is 6.77. The van der Waals surface area contributed by atoms with Crippen LogP contribution >= 0.6 is 0 Å². The highest BCUT2D eigenvalue weighted by Crippen LogP contribution is 2.37. The summed E-state index contributed by atoms with van der Waals surface area (Å²) in [6.45, 7) is 4.98. The minimum absolute atomic E-state index is 0.388. The Bertz CT molecular complexity index is 2690. The summed E-state index contributed by atoms with van der Waals surface area (Å²) in [4.78, 5) is 0. The molecule has 0 amide bonds. The second-order valence-electron chi connectivity index (χ2n) is 14.3. The molecule has 0 aliphatic heterocycles. The maximum absolute atomic E-state index is 6.11. The van der Waals surface area contributed by atoms with Gasteiger partial charge in [0.2, 0.25) is 0 Å². The zero-order valence-corrected chi connectivity index (χ0v) is 30.9. The molecule has 56 heavy (non-hydrogen) atoms. The van der Waals surface area contributed by atoms with Gasteiger partial charge in [0.15, 0.2) is 0 Å². The number of hydrogen-bond acceptors (Lipinski definition) is 8. The van der Waals surface area contributed by atoms with E-state index in [0.717, 1.165) is 11.4 Å². The average Bonchev–Trinajstić information content (AvgIpc) is 3.90. The van der Waals surface area contributed by atoms with E-state index in [1.54, 1.807) is 9.36 Å². The molecular formula is C46H40N6O4. The van der Waals surface area contributed by atoms with Crippen LogP contribution < -0.4 is 0 Å². The highest BCUT2D eigenvalue weighted by atomic mass is 16.5. The first-order valence-electron chi connectivity index (χ1n) is 19.1. The predicted octanol–water partition coefficient (Wildman–Crippen LogP) is 8.83. The van der Waals surface area contributed by atoms with Gasteiger partial charge in [-0.05, 0) is 75.8 Å². The Kier molecular flexibility index (Phi) is 9.38. The molecule has 10 aromatic rings. The van der Waals surface area contributed by atoms with Gasteiger partial charge in [-0.1, -0.05) is 120 Å². The van der Waals surface area contributed by atoms with Crippen LogP contribution in [-0.2, 0) is 58.5 Å². The summed E-state index contributed by atoms with van der Waals surface area (Å²) in [5.41, 5.74) is 3.92. The number of aromatic nitrogens is 6. The van der Waals surface area contributed by atoms with Crippen molar-refractivity contribution in [2.75, 3.05) is 26.4 Å². The fourth-order valence-electron chi connectivity index (χ4n) is 8.04. The van der Waals surface area contributed by atoms with Crippen LogP contribution in [0.2, 0.25) is 0 Å². The van der Waals surface area contributed by atoms with E-state index in [-0.39, 0.29) is 0 Å². The minimum Gasteiger partial charge on any atom is -0.377 e. The highest BCUT2D eigenvalue weighted by molar-refractivity contribution is 6.24. The van der Waals surface area contributed by atoms with Crippen LogP contribution in [0.5, 0.6) is 0 Å². The molecule has 0 fully saturated rings. The third-order valence-electron chi connectivity index (χ3n) is 10.7. The molecule has 0 unspecified atom stereocenters. The molecule has 0 aliphatic carbocycles. The van der Waals surface area contributed by atoms with Crippen LogP contribution in [0.15, 0.2) is 122 Å². The van der Waals surface area contributed by atoms with E-state index in [1.807, 2.05) is 12.4 Å². The van der Waals surface area contributed by atoms with Crippen molar-refractivity contribution < 1.29 is 18.9 Å². The van der Waals surface area contributed by atoms with Crippen LogP contribution in [-0.4, -0.2) is 56.4 Å². The molecule has 10 heteroatoms. The van der Waals surface area contributed by atoms with Gasteiger partial charge in [-0.2, -0.15) is 0 Å². The summed E-state index contributed by atoms with van der Waals surface area (Å²) in [5.74, 6) is 0. The highest BCUT2D eigenvalue weighted by Gasteiger charge is 2.13. The molecular weight excluding hydrogens is 701 g/mol. The summed E-state index contributed by atoms with van der Waals surface area (Å²) >= 11 is 0. The van der Waals surface area contributed by atoms with Crippen LogP contribution in [0, 0.1) is 0 Å². The maximum Gasteiger partial charge on any atom is 0.108 e. The van der Waals surface area contributed by atoms with Crippen LogP contribution in [0.25, 0.3) is 64.6 Å². The van der Waals surface area contributed by atoms with Gasteiger partial charge in [0.1, 0.15) is 11.4 Å². The molecule has 0 saturated heterocycles. The number of rotatable bonds is 17. The molecule has 0 aliphatic rings. The summed E-state index contributed by atoms with van der Waals surface area (Å²) in [6.07, 6.45) is 3.82. The summed E-state index contributed by atoms with van der Waals surface area (Å²) < 4.78 is 27.3. The lowest BCUT2D eigenvalue weighted by molar-refractivity contribution is 0.0402. The van der Waals surface area contributed by atoms with Crippen molar-refractivity contribution in [2.45, 2.75) is 39.5 Å². The molecule has 2 heterocycles. The Morgan fingerprint density at radius 1 is 0.375 bits per heavy atom. The number of ether oxygens (including phenoxy) is 4. The molecule has 2 aromatic heterocycles. The van der Waals surface area contributed by atoms with E-state index in [0.29, 0.717) is 65.9 Å². The van der Waals surface area contributed by atoms with Crippen LogP contribution in [0.4, 0.5) is 0 Å². The molecule has 0 N–H and O–H groups in total. The summed E-state index contributed by atoms with van der Waals surface area (Å²) in [5, 5.41) is 32.3. The number of hydrogen-bond donors (Lipinski definition) is 0. The molecule has 10 rings (SSSR count). The van der Waals surface area contributed by atoms with Gasteiger partial charge in [-0.15, -0.1) is 10.2 Å². The SMILES string of the molecule is c1cc2ccc3ccc(COCc4cn(CCOCCOCCn5cc(COCc6ccc7ccc8cccc9ccc6c7c89)nn5)nn4)c4ccc(c1)c2c34. The van der Waals surface area contributed by atoms with E-state index in [4.69, 9.17) is 18.9 Å². The van der Waals surface area contributed by atoms with Gasteiger partial charge in [0, 0.05) is 0 Å². The average molecular weight is 741 g/mol. The van der Waals surface area contributed by atoms with Gasteiger partial charge >= 0.3 is 0 Å². The quantitative estimate of drug-likeness (QED) is 0.0675. The van der Waals surface area contributed by atoms with Crippen molar-refractivity contribution in [2.24, 2.45) is 0 Å². The van der Waals surface area contributed by atoms with E-state index < -0.39 is 0 Å². The Hall–Kier alpha value is -6.04. The first-order chi connectivity index (χ1) is 27.7. The second-order valence-corrected chi connectivity index (χ2v) is 14.3. The zero-order chi connectivity index (χ0) is 37.3. The largest absolute Gasteiger partial charge is 0.377 e. The van der Waals surface area contributed by atoms with Gasteiger partial charge in [-0.25, -0.2) is 9.36 Å². The number of benzene rings is 8. The van der Waals surface area contributed by atoms with Gasteiger partial charge in [-0.3, -0.25) is 0 Å². The van der Waals surface area contributed by atoms with E-state index in [9.17, 15) is 0 Å². The Labute approximate surface area is 322 Å². The van der Waals surface area contributed by atoms with E-state index in [2.05, 4.69) is 130 Å². The zero-order valence-electron chi connectivity index (χ0n) is 30.9. The smallest absolute Gasteiger partial charge is 0.108 e. The monoisotopic (exact) mass is 740 g/mol. The lowest BCUT2D eigenvalue weighted by Gasteiger charge is -2.13. The van der Waals surface area contributed by atoms with E-state index in [1.165, 1.54) is 75.8 Å². The Morgan fingerprint density at radius 2 is 0.768 bits per heavy atom. The Morgan fingerprint density at radius 3 is 1.21 bits per heavy atom. The summed E-state index contributed by atoms with van der Waals surface area (Å²) in [6, 6.07) is 39.3. The first kappa shape index (κ1) is 34.5. The molecule has 8 aromatic carbocycles. The van der Waals surface area contributed by atoms with Gasteiger partial charge in [0.25, 0.3) is 0 Å². The van der Waals surface area contributed by atoms with Crippen molar-refractivity contribution in [3.8, 4) is 0 Å². The topological polar surface area (TPSA) is 98.3 Å². The van der Waals surface area contributed by atoms with Crippen molar-refractivity contribution >= 4 is 64.6 Å². The van der Waals surface area contributed by atoms with E-state index >= 15 is 0 Å². The fraction of sp³-hybridized carbons (Fsp3) is 0.217.